The van der Waals surface area contributed by atoms with Gasteiger partial charge in [0.15, 0.2) is 0 Å². The van der Waals surface area contributed by atoms with Crippen LogP contribution in [-0.4, -0.2) is 5.11 Å². The van der Waals surface area contributed by atoms with Crippen molar-refractivity contribution in [3.63, 3.8) is 0 Å². The zero-order chi connectivity index (χ0) is 12.4. The molecule has 0 heterocycles. The lowest BCUT2D eigenvalue weighted by Gasteiger charge is -2.06. The Morgan fingerprint density at radius 2 is 2.00 bits per heavy atom. The number of nitrogens with zero attached hydrogens (tertiary/aromatic N) is 1. The number of benzene rings is 2. The fraction of sp³-hybridized carbons (Fsp3) is 0.0714. The van der Waals surface area contributed by atoms with Crippen LogP contribution in [0.25, 0.3) is 11.1 Å². The largest absolute Gasteiger partial charge is 0.508 e. The van der Waals surface area contributed by atoms with E-state index >= 15 is 0 Å². The van der Waals surface area contributed by atoms with Gasteiger partial charge in [-0.05, 0) is 36.2 Å². The Labute approximate surface area is 98.6 Å². The van der Waals surface area contributed by atoms with Crippen molar-refractivity contribution in [2.45, 2.75) is 6.92 Å². The highest BCUT2D eigenvalue weighted by Gasteiger charge is 2.10. The topological polar surface area (TPSA) is 44.0 Å². The smallest absolute Gasteiger partial charge is 0.148 e. The van der Waals surface area contributed by atoms with Crippen LogP contribution >= 0.6 is 0 Å². The van der Waals surface area contributed by atoms with Crippen LogP contribution in [0.4, 0.5) is 4.39 Å². The Hall–Kier alpha value is -2.34. The monoisotopic (exact) mass is 227 g/mol. The second kappa shape index (κ2) is 4.26. The van der Waals surface area contributed by atoms with E-state index in [2.05, 4.69) is 0 Å². The van der Waals surface area contributed by atoms with E-state index in [1.165, 1.54) is 12.1 Å². The van der Waals surface area contributed by atoms with Crippen molar-refractivity contribution in [1.29, 1.82) is 5.26 Å². The van der Waals surface area contributed by atoms with Crippen LogP contribution in [0.3, 0.4) is 0 Å². The molecule has 2 aromatic rings. The van der Waals surface area contributed by atoms with Gasteiger partial charge in [-0.1, -0.05) is 18.2 Å². The van der Waals surface area contributed by atoms with E-state index in [0.29, 0.717) is 16.7 Å². The first-order valence-corrected chi connectivity index (χ1v) is 5.12. The SMILES string of the molecule is Cc1cc(-c2cccc(C#N)c2F)ccc1O. The van der Waals surface area contributed by atoms with Crippen molar-refractivity contribution >= 4 is 0 Å². The molecule has 0 spiro atoms. The highest BCUT2D eigenvalue weighted by molar-refractivity contribution is 5.67. The molecule has 0 bridgehead atoms. The average molecular weight is 227 g/mol. The summed E-state index contributed by atoms with van der Waals surface area (Å²) in [7, 11) is 0. The first-order chi connectivity index (χ1) is 8.13. The molecule has 0 aromatic heterocycles. The van der Waals surface area contributed by atoms with Crippen molar-refractivity contribution in [3.05, 3.63) is 53.3 Å². The highest BCUT2D eigenvalue weighted by Crippen LogP contribution is 2.28. The predicted octanol–water partition coefficient (Wildman–Crippen LogP) is 3.38. The number of phenols is 1. The van der Waals surface area contributed by atoms with Gasteiger partial charge >= 0.3 is 0 Å². The molecule has 0 amide bonds. The molecule has 0 aliphatic heterocycles. The number of rotatable bonds is 1. The number of aryl methyl sites for hydroxylation is 1. The lowest BCUT2D eigenvalue weighted by molar-refractivity contribution is 0.471. The third-order valence-corrected chi connectivity index (χ3v) is 2.63. The molecule has 2 rings (SSSR count). The Morgan fingerprint density at radius 1 is 1.24 bits per heavy atom. The van der Waals surface area contributed by atoms with Crippen LogP contribution < -0.4 is 0 Å². The normalized spacial score (nSPS) is 9.94. The maximum atomic E-state index is 13.9. The molecular weight excluding hydrogens is 217 g/mol. The van der Waals surface area contributed by atoms with Crippen LogP contribution in [0.2, 0.25) is 0 Å². The van der Waals surface area contributed by atoms with Gasteiger partial charge in [0.1, 0.15) is 17.6 Å². The second-order valence-corrected chi connectivity index (χ2v) is 3.78. The number of hydrogen-bond donors (Lipinski definition) is 1. The van der Waals surface area contributed by atoms with Gasteiger partial charge in [-0.25, -0.2) is 4.39 Å². The van der Waals surface area contributed by atoms with Gasteiger partial charge in [0.25, 0.3) is 0 Å². The molecule has 0 radical (unpaired) electrons. The summed E-state index contributed by atoms with van der Waals surface area (Å²) >= 11 is 0. The van der Waals surface area contributed by atoms with Gasteiger partial charge in [-0.2, -0.15) is 5.26 Å². The van der Waals surface area contributed by atoms with Gasteiger partial charge in [0, 0.05) is 5.56 Å². The van der Waals surface area contributed by atoms with Crippen molar-refractivity contribution in [3.8, 4) is 22.9 Å². The molecule has 2 aromatic carbocycles. The summed E-state index contributed by atoms with van der Waals surface area (Å²) in [6, 6.07) is 11.3. The molecule has 0 saturated carbocycles. The van der Waals surface area contributed by atoms with Gasteiger partial charge in [0.05, 0.1) is 5.56 Å². The minimum atomic E-state index is -0.528. The molecule has 0 aliphatic carbocycles. The van der Waals surface area contributed by atoms with E-state index < -0.39 is 5.82 Å². The van der Waals surface area contributed by atoms with Crippen LogP contribution in [0.15, 0.2) is 36.4 Å². The molecule has 0 aliphatic rings. The van der Waals surface area contributed by atoms with E-state index in [-0.39, 0.29) is 11.3 Å². The van der Waals surface area contributed by atoms with Crippen LogP contribution in [0, 0.1) is 24.1 Å². The number of halogens is 1. The molecule has 0 unspecified atom stereocenters. The van der Waals surface area contributed by atoms with Crippen molar-refractivity contribution in [2.75, 3.05) is 0 Å². The highest BCUT2D eigenvalue weighted by atomic mass is 19.1. The van der Waals surface area contributed by atoms with Gasteiger partial charge in [-0.3, -0.25) is 0 Å². The number of nitriles is 1. The zero-order valence-corrected chi connectivity index (χ0v) is 9.24. The van der Waals surface area contributed by atoms with Crippen molar-refractivity contribution in [1.82, 2.24) is 0 Å². The number of hydrogen-bond acceptors (Lipinski definition) is 2. The third-order valence-electron chi connectivity index (χ3n) is 2.63. The molecule has 0 saturated heterocycles. The minimum absolute atomic E-state index is 0.0215. The first kappa shape index (κ1) is 11.2. The van der Waals surface area contributed by atoms with Crippen molar-refractivity contribution < 1.29 is 9.50 Å². The standard InChI is InChI=1S/C14H10FNO/c1-9-7-10(5-6-13(9)17)12-4-2-3-11(8-16)14(12)15/h2-7,17H,1H3. The van der Waals surface area contributed by atoms with E-state index in [4.69, 9.17) is 5.26 Å². The van der Waals surface area contributed by atoms with E-state index in [1.54, 1.807) is 31.2 Å². The van der Waals surface area contributed by atoms with E-state index in [9.17, 15) is 9.50 Å². The third kappa shape index (κ3) is 1.98. The molecule has 17 heavy (non-hydrogen) atoms. The Balaban J connectivity index is 2.61. The van der Waals surface area contributed by atoms with Crippen molar-refractivity contribution in [2.24, 2.45) is 0 Å². The minimum Gasteiger partial charge on any atom is -0.508 e. The van der Waals surface area contributed by atoms with Gasteiger partial charge in [0.2, 0.25) is 0 Å². The Bertz CT molecular complexity index is 614. The molecule has 84 valence electrons. The maximum absolute atomic E-state index is 13.9. The van der Waals surface area contributed by atoms with Crippen LogP contribution in [0.5, 0.6) is 5.75 Å². The molecule has 0 atom stereocenters. The molecule has 2 nitrogen and oxygen atoms in total. The summed E-state index contributed by atoms with van der Waals surface area (Å²) in [5.41, 5.74) is 1.71. The summed E-state index contributed by atoms with van der Waals surface area (Å²) in [5.74, 6) is -0.356. The average Bonchev–Trinajstić information content (AvgIpc) is 2.33. The van der Waals surface area contributed by atoms with E-state index in [1.807, 2.05) is 6.07 Å². The summed E-state index contributed by atoms with van der Waals surface area (Å²) < 4.78 is 13.9. The number of aromatic hydroxyl groups is 1. The Kier molecular flexibility index (Phi) is 2.80. The maximum Gasteiger partial charge on any atom is 0.148 e. The quantitative estimate of drug-likeness (QED) is 0.811. The Morgan fingerprint density at radius 3 is 2.65 bits per heavy atom. The lowest BCUT2D eigenvalue weighted by atomic mass is 10.0. The van der Waals surface area contributed by atoms with Gasteiger partial charge < -0.3 is 5.11 Å². The van der Waals surface area contributed by atoms with Crippen LogP contribution in [-0.2, 0) is 0 Å². The molecule has 1 N–H and O–H groups in total. The first-order valence-electron chi connectivity index (χ1n) is 5.12. The summed E-state index contributed by atoms with van der Waals surface area (Å²) in [6.07, 6.45) is 0. The fourth-order valence-electron chi connectivity index (χ4n) is 1.66. The van der Waals surface area contributed by atoms with E-state index in [0.717, 1.165) is 0 Å². The summed E-state index contributed by atoms with van der Waals surface area (Å²) in [4.78, 5) is 0. The fourth-order valence-corrected chi connectivity index (χ4v) is 1.66. The number of phenolic OH excluding ortho intramolecular Hbond substituents is 1. The predicted molar refractivity (Wildman–Crippen MR) is 63.0 cm³/mol. The molecular formula is C14H10FNO. The zero-order valence-electron chi connectivity index (χ0n) is 9.24. The van der Waals surface area contributed by atoms with Gasteiger partial charge in [-0.15, -0.1) is 0 Å². The lowest BCUT2D eigenvalue weighted by Crippen LogP contribution is -1.89. The molecule has 0 fully saturated rings. The summed E-state index contributed by atoms with van der Waals surface area (Å²) in [6.45, 7) is 1.74. The molecule has 3 heteroatoms. The van der Waals surface area contributed by atoms with Crippen LogP contribution in [0.1, 0.15) is 11.1 Å². The summed E-state index contributed by atoms with van der Waals surface area (Å²) in [5, 5.41) is 18.2. The second-order valence-electron chi connectivity index (χ2n) is 3.78.